The Morgan fingerprint density at radius 1 is 0.909 bits per heavy atom. The van der Waals surface area contributed by atoms with Crippen molar-refractivity contribution in [3.05, 3.63) is 57.8 Å². The summed E-state index contributed by atoms with van der Waals surface area (Å²) in [6, 6.07) is 13.0. The highest BCUT2D eigenvalue weighted by atomic mass is 32.1. The minimum absolute atomic E-state index is 0.301. The van der Waals surface area contributed by atoms with E-state index < -0.39 is 5.97 Å². The van der Waals surface area contributed by atoms with E-state index in [1.54, 1.807) is 0 Å². The second-order valence-corrected chi connectivity index (χ2v) is 6.71. The van der Waals surface area contributed by atoms with E-state index in [0.29, 0.717) is 6.42 Å². The Bertz CT molecular complexity index is 560. The van der Waals surface area contributed by atoms with Crippen molar-refractivity contribution in [3.8, 4) is 0 Å². The van der Waals surface area contributed by atoms with Gasteiger partial charge in [0.1, 0.15) is 0 Å². The van der Waals surface area contributed by atoms with E-state index in [-0.39, 0.29) is 0 Å². The minimum Gasteiger partial charge on any atom is -0.481 e. The van der Waals surface area contributed by atoms with Crippen LogP contribution in [-0.4, -0.2) is 11.1 Å². The molecule has 0 atom stereocenters. The number of carboxylic acids is 1. The number of unbranched alkanes of at least 4 members (excludes halogenated alkanes) is 2. The lowest BCUT2D eigenvalue weighted by Gasteiger charge is -2.00. The highest BCUT2D eigenvalue weighted by Crippen LogP contribution is 2.19. The number of aliphatic carboxylic acids is 1. The van der Waals surface area contributed by atoms with Gasteiger partial charge >= 0.3 is 5.97 Å². The predicted molar refractivity (Wildman–Crippen MR) is 92.6 cm³/mol. The molecule has 1 aromatic heterocycles. The molecular weight excluding hydrogens is 292 g/mol. The molecule has 0 radical (unpaired) electrons. The van der Waals surface area contributed by atoms with E-state index in [0.717, 1.165) is 38.5 Å². The Hall–Kier alpha value is -1.61. The Morgan fingerprint density at radius 2 is 1.68 bits per heavy atom. The van der Waals surface area contributed by atoms with Crippen molar-refractivity contribution >= 4 is 17.3 Å². The number of hydrogen-bond acceptors (Lipinski definition) is 2. The van der Waals surface area contributed by atoms with E-state index in [2.05, 4.69) is 41.8 Å². The van der Waals surface area contributed by atoms with Gasteiger partial charge in [0.15, 0.2) is 0 Å². The van der Waals surface area contributed by atoms with Gasteiger partial charge in [0.05, 0.1) is 0 Å². The molecule has 0 spiro atoms. The van der Waals surface area contributed by atoms with Crippen LogP contribution in [0.15, 0.2) is 41.8 Å². The second kappa shape index (κ2) is 9.42. The van der Waals surface area contributed by atoms with Crippen LogP contribution in [-0.2, 0) is 24.1 Å². The number of hydrogen-bond donors (Lipinski definition) is 1. The molecule has 118 valence electrons. The molecule has 0 saturated heterocycles. The summed E-state index contributed by atoms with van der Waals surface area (Å²) in [4.78, 5) is 11.9. The lowest BCUT2D eigenvalue weighted by molar-refractivity contribution is -0.137. The molecule has 2 aromatic rings. The first-order chi connectivity index (χ1) is 10.7. The maximum absolute atomic E-state index is 10.4. The summed E-state index contributed by atoms with van der Waals surface area (Å²) in [6.45, 7) is 0. The van der Waals surface area contributed by atoms with Crippen molar-refractivity contribution in [1.82, 2.24) is 0 Å². The van der Waals surface area contributed by atoms with E-state index in [4.69, 9.17) is 5.11 Å². The van der Waals surface area contributed by atoms with Gasteiger partial charge in [0, 0.05) is 11.3 Å². The lowest BCUT2D eigenvalue weighted by Crippen LogP contribution is -1.93. The highest BCUT2D eigenvalue weighted by molar-refractivity contribution is 7.10. The fourth-order valence-electron chi connectivity index (χ4n) is 2.58. The summed E-state index contributed by atoms with van der Waals surface area (Å²) in [6.07, 6.45) is 7.76. The predicted octanol–water partition coefficient (Wildman–Crippen LogP) is 5.11. The summed E-state index contributed by atoms with van der Waals surface area (Å²) in [5, 5.41) is 10.9. The molecule has 0 aliphatic carbocycles. The van der Waals surface area contributed by atoms with Gasteiger partial charge in [0.2, 0.25) is 0 Å². The third-order valence-electron chi connectivity index (χ3n) is 3.80. The van der Waals surface area contributed by atoms with Crippen LogP contribution in [0.2, 0.25) is 0 Å². The highest BCUT2D eigenvalue weighted by Gasteiger charge is 2.02. The summed E-state index contributed by atoms with van der Waals surface area (Å²) in [7, 11) is 0. The first-order valence-electron chi connectivity index (χ1n) is 8.06. The van der Waals surface area contributed by atoms with Crippen molar-refractivity contribution in [2.24, 2.45) is 0 Å². The third kappa shape index (κ3) is 6.44. The maximum atomic E-state index is 10.4. The Kier molecular flexibility index (Phi) is 7.17. The molecule has 1 aromatic carbocycles. The molecule has 22 heavy (non-hydrogen) atoms. The quantitative estimate of drug-likeness (QED) is 0.618. The first kappa shape index (κ1) is 16.8. The Labute approximate surface area is 136 Å². The topological polar surface area (TPSA) is 37.3 Å². The van der Waals surface area contributed by atoms with Crippen LogP contribution in [0.5, 0.6) is 0 Å². The molecule has 3 heteroatoms. The van der Waals surface area contributed by atoms with Crippen molar-refractivity contribution in [2.45, 2.75) is 51.4 Å². The van der Waals surface area contributed by atoms with E-state index >= 15 is 0 Å². The molecule has 0 unspecified atom stereocenters. The fourth-order valence-corrected chi connectivity index (χ4v) is 3.55. The first-order valence-corrected chi connectivity index (χ1v) is 8.94. The minimum atomic E-state index is -0.683. The van der Waals surface area contributed by atoms with E-state index in [1.807, 2.05) is 11.3 Å². The average molecular weight is 316 g/mol. The van der Waals surface area contributed by atoms with Gasteiger partial charge in [-0.3, -0.25) is 4.79 Å². The number of thiophene rings is 1. The zero-order valence-corrected chi connectivity index (χ0v) is 13.8. The Morgan fingerprint density at radius 3 is 2.45 bits per heavy atom. The van der Waals surface area contributed by atoms with Gasteiger partial charge in [-0.1, -0.05) is 36.8 Å². The smallest absolute Gasteiger partial charge is 0.303 e. The summed E-state index contributed by atoms with van der Waals surface area (Å²) >= 11 is 1.84. The monoisotopic (exact) mass is 316 g/mol. The van der Waals surface area contributed by atoms with E-state index in [1.165, 1.54) is 22.4 Å². The van der Waals surface area contributed by atoms with Gasteiger partial charge in [-0.2, -0.15) is 0 Å². The van der Waals surface area contributed by atoms with Gasteiger partial charge in [-0.25, -0.2) is 0 Å². The van der Waals surface area contributed by atoms with Gasteiger partial charge < -0.3 is 5.11 Å². The average Bonchev–Trinajstić information content (AvgIpc) is 2.95. The molecule has 1 N–H and O–H groups in total. The van der Waals surface area contributed by atoms with Crippen molar-refractivity contribution in [1.29, 1.82) is 0 Å². The Balaban J connectivity index is 1.63. The molecule has 2 rings (SSSR count). The lowest BCUT2D eigenvalue weighted by atomic mass is 10.1. The second-order valence-electron chi connectivity index (χ2n) is 5.71. The molecule has 0 saturated carbocycles. The molecule has 2 nitrogen and oxygen atoms in total. The zero-order valence-electron chi connectivity index (χ0n) is 13.0. The van der Waals surface area contributed by atoms with Crippen LogP contribution >= 0.6 is 11.3 Å². The fraction of sp³-hybridized carbons (Fsp3) is 0.421. The van der Waals surface area contributed by atoms with Gasteiger partial charge in [-0.15, -0.1) is 11.3 Å². The SMILES string of the molecule is O=C(O)CCCCCc1cc(CCCc2ccccc2)cs1. The number of rotatable bonds is 10. The number of carboxylic acid groups (broad SMARTS) is 1. The summed E-state index contributed by atoms with van der Waals surface area (Å²) in [5.41, 5.74) is 2.86. The standard InChI is InChI=1S/C19H24O2S/c20-19(21)13-6-2-5-12-18-14-17(15-22-18)11-7-10-16-8-3-1-4-9-16/h1,3-4,8-9,14-15H,2,5-7,10-13H2,(H,20,21). The summed E-state index contributed by atoms with van der Waals surface area (Å²) < 4.78 is 0. The van der Waals surface area contributed by atoms with Crippen LogP contribution in [0.1, 0.15) is 48.1 Å². The van der Waals surface area contributed by atoms with Crippen LogP contribution in [0.3, 0.4) is 0 Å². The molecular formula is C19H24O2S. The number of benzene rings is 1. The van der Waals surface area contributed by atoms with Crippen LogP contribution < -0.4 is 0 Å². The third-order valence-corrected chi connectivity index (χ3v) is 4.84. The van der Waals surface area contributed by atoms with Crippen molar-refractivity contribution in [3.63, 3.8) is 0 Å². The van der Waals surface area contributed by atoms with Crippen LogP contribution in [0.4, 0.5) is 0 Å². The molecule has 0 aliphatic rings. The van der Waals surface area contributed by atoms with E-state index in [9.17, 15) is 4.79 Å². The van der Waals surface area contributed by atoms with Crippen LogP contribution in [0.25, 0.3) is 0 Å². The molecule has 0 aliphatic heterocycles. The molecule has 1 heterocycles. The van der Waals surface area contributed by atoms with Gasteiger partial charge in [-0.05, 0) is 61.1 Å². The molecule has 0 amide bonds. The number of aryl methyl sites for hydroxylation is 3. The number of carbonyl (C=O) groups is 1. The largest absolute Gasteiger partial charge is 0.481 e. The molecule has 0 bridgehead atoms. The molecule has 0 fully saturated rings. The van der Waals surface area contributed by atoms with Gasteiger partial charge in [0.25, 0.3) is 0 Å². The summed E-state index contributed by atoms with van der Waals surface area (Å²) in [5.74, 6) is -0.683. The zero-order chi connectivity index (χ0) is 15.6. The van der Waals surface area contributed by atoms with Crippen LogP contribution in [0, 0.1) is 0 Å². The maximum Gasteiger partial charge on any atom is 0.303 e. The normalized spacial score (nSPS) is 10.7. The van der Waals surface area contributed by atoms with Crippen molar-refractivity contribution < 1.29 is 9.90 Å². The van der Waals surface area contributed by atoms with Crippen molar-refractivity contribution in [2.75, 3.05) is 0 Å².